The molecule has 0 fully saturated rings. The summed E-state index contributed by atoms with van der Waals surface area (Å²) < 4.78 is 0. The van der Waals surface area contributed by atoms with E-state index in [1.807, 2.05) is 36.4 Å². The van der Waals surface area contributed by atoms with Crippen molar-refractivity contribution in [1.29, 1.82) is 0 Å². The maximum absolute atomic E-state index is 11.9. The van der Waals surface area contributed by atoms with Crippen LogP contribution >= 0.6 is 11.3 Å². The van der Waals surface area contributed by atoms with Gasteiger partial charge in [0, 0.05) is 9.75 Å². The zero-order valence-electron chi connectivity index (χ0n) is 12.0. The minimum absolute atomic E-state index is 0.370. The predicted molar refractivity (Wildman–Crippen MR) is 93.9 cm³/mol. The number of benzene rings is 2. The van der Waals surface area contributed by atoms with Gasteiger partial charge in [0.25, 0.3) is 5.56 Å². The smallest absolute Gasteiger partial charge is 0.307 e. The number of hydrogen-bond acceptors (Lipinski definition) is 3. The molecule has 0 saturated carbocycles. The van der Waals surface area contributed by atoms with Gasteiger partial charge in [-0.2, -0.15) is 0 Å². The summed E-state index contributed by atoms with van der Waals surface area (Å²) in [6.07, 6.45) is 0. The SMILES string of the molecule is O=c1[nH]c(=O)c2cc(-c3ccc(-c4ccccc4)s3)ccc2[nH]1. The monoisotopic (exact) mass is 320 g/mol. The molecule has 2 N–H and O–H groups in total. The summed E-state index contributed by atoms with van der Waals surface area (Å²) in [5.41, 5.74) is 1.82. The van der Waals surface area contributed by atoms with Crippen LogP contribution in [-0.2, 0) is 0 Å². The Hall–Kier alpha value is -2.92. The molecule has 0 atom stereocenters. The minimum atomic E-state index is -0.488. The number of H-pyrrole nitrogens is 2. The van der Waals surface area contributed by atoms with E-state index in [2.05, 4.69) is 28.2 Å². The lowest BCUT2D eigenvalue weighted by atomic mass is 10.1. The largest absolute Gasteiger partial charge is 0.326 e. The van der Waals surface area contributed by atoms with Crippen LogP contribution in [0.3, 0.4) is 0 Å². The molecule has 2 heterocycles. The average Bonchev–Trinajstić information content (AvgIpc) is 3.05. The van der Waals surface area contributed by atoms with Crippen molar-refractivity contribution in [3.63, 3.8) is 0 Å². The number of hydrogen-bond donors (Lipinski definition) is 2. The highest BCUT2D eigenvalue weighted by Gasteiger charge is 2.07. The van der Waals surface area contributed by atoms with Crippen molar-refractivity contribution in [3.8, 4) is 20.9 Å². The first kappa shape index (κ1) is 13.7. The van der Waals surface area contributed by atoms with Gasteiger partial charge in [0.1, 0.15) is 0 Å². The Morgan fingerprint density at radius 3 is 2.26 bits per heavy atom. The lowest BCUT2D eigenvalue weighted by Crippen LogP contribution is -2.21. The van der Waals surface area contributed by atoms with E-state index in [0.717, 1.165) is 10.4 Å². The summed E-state index contributed by atoms with van der Waals surface area (Å²) in [5, 5.41) is 0.483. The van der Waals surface area contributed by atoms with Crippen molar-refractivity contribution in [2.75, 3.05) is 0 Å². The fourth-order valence-corrected chi connectivity index (χ4v) is 3.58. The molecule has 0 aliphatic rings. The molecule has 0 radical (unpaired) electrons. The van der Waals surface area contributed by atoms with E-state index in [0.29, 0.717) is 10.9 Å². The number of rotatable bonds is 2. The molecule has 5 heteroatoms. The second-order valence-corrected chi connectivity index (χ2v) is 6.28. The van der Waals surface area contributed by atoms with E-state index in [1.165, 1.54) is 10.4 Å². The van der Waals surface area contributed by atoms with Crippen LogP contribution in [0.15, 0.2) is 70.3 Å². The molecule has 0 bridgehead atoms. The minimum Gasteiger partial charge on any atom is -0.307 e. The summed E-state index contributed by atoms with van der Waals surface area (Å²) in [7, 11) is 0. The molecular formula is C18H12N2O2S. The highest BCUT2D eigenvalue weighted by Crippen LogP contribution is 2.34. The van der Waals surface area contributed by atoms with Crippen molar-refractivity contribution in [3.05, 3.63) is 81.5 Å². The van der Waals surface area contributed by atoms with Gasteiger partial charge in [-0.3, -0.25) is 9.78 Å². The molecule has 112 valence electrons. The second kappa shape index (κ2) is 5.37. The standard InChI is InChI=1S/C18H12N2O2S/c21-17-13-10-12(6-7-14(13)19-18(22)20-17)16-9-8-15(23-16)11-4-2-1-3-5-11/h1-10H,(H2,19,20,21,22). The summed E-state index contributed by atoms with van der Waals surface area (Å²) in [4.78, 5) is 30.4. The number of aromatic amines is 2. The van der Waals surface area contributed by atoms with Gasteiger partial charge in [-0.1, -0.05) is 36.4 Å². The van der Waals surface area contributed by atoms with Gasteiger partial charge >= 0.3 is 5.69 Å². The molecule has 2 aromatic heterocycles. The van der Waals surface area contributed by atoms with E-state index in [-0.39, 0.29) is 5.56 Å². The quantitative estimate of drug-likeness (QED) is 0.592. The number of nitrogens with one attached hydrogen (secondary N) is 2. The highest BCUT2D eigenvalue weighted by atomic mass is 32.1. The molecule has 0 spiro atoms. The molecule has 0 saturated heterocycles. The van der Waals surface area contributed by atoms with Gasteiger partial charge in [0.05, 0.1) is 10.9 Å². The number of fused-ring (bicyclic) bond motifs is 1. The molecule has 4 nitrogen and oxygen atoms in total. The molecule has 0 amide bonds. The molecule has 4 rings (SSSR count). The first-order chi connectivity index (χ1) is 11.2. The van der Waals surface area contributed by atoms with Crippen molar-refractivity contribution in [2.45, 2.75) is 0 Å². The molecule has 0 aliphatic carbocycles. The summed E-state index contributed by atoms with van der Waals surface area (Å²) in [6.45, 7) is 0. The van der Waals surface area contributed by atoms with Crippen LogP contribution in [0.2, 0.25) is 0 Å². The van der Waals surface area contributed by atoms with Crippen LogP contribution in [0.1, 0.15) is 0 Å². The van der Waals surface area contributed by atoms with Gasteiger partial charge in [-0.25, -0.2) is 4.79 Å². The molecule has 2 aromatic carbocycles. The summed E-state index contributed by atoms with van der Waals surface area (Å²) in [5.74, 6) is 0. The zero-order chi connectivity index (χ0) is 15.8. The Labute approximate surface area is 135 Å². The molecule has 0 aliphatic heterocycles. The van der Waals surface area contributed by atoms with Gasteiger partial charge < -0.3 is 4.98 Å². The lowest BCUT2D eigenvalue weighted by molar-refractivity contribution is 1.08. The van der Waals surface area contributed by atoms with Crippen LogP contribution in [-0.4, -0.2) is 9.97 Å². The van der Waals surface area contributed by atoms with Crippen LogP contribution in [0.5, 0.6) is 0 Å². The Kier molecular flexibility index (Phi) is 3.20. The third kappa shape index (κ3) is 2.51. The maximum atomic E-state index is 11.9. The van der Waals surface area contributed by atoms with E-state index >= 15 is 0 Å². The van der Waals surface area contributed by atoms with Gasteiger partial charge in [-0.05, 0) is 35.4 Å². The molecule has 23 heavy (non-hydrogen) atoms. The normalized spacial score (nSPS) is 11.0. The van der Waals surface area contributed by atoms with E-state index in [4.69, 9.17) is 0 Å². The van der Waals surface area contributed by atoms with Gasteiger partial charge in [0.15, 0.2) is 0 Å². The van der Waals surface area contributed by atoms with Gasteiger partial charge in [-0.15, -0.1) is 11.3 Å². The Bertz CT molecular complexity index is 1110. The third-order valence-electron chi connectivity index (χ3n) is 3.69. The van der Waals surface area contributed by atoms with E-state index in [9.17, 15) is 9.59 Å². The van der Waals surface area contributed by atoms with Crippen molar-refractivity contribution in [2.24, 2.45) is 0 Å². The molecular weight excluding hydrogens is 308 g/mol. The highest BCUT2D eigenvalue weighted by molar-refractivity contribution is 7.18. The first-order valence-electron chi connectivity index (χ1n) is 7.13. The van der Waals surface area contributed by atoms with E-state index < -0.39 is 5.69 Å². The average molecular weight is 320 g/mol. The number of aromatic nitrogens is 2. The van der Waals surface area contributed by atoms with Crippen molar-refractivity contribution in [1.82, 2.24) is 9.97 Å². The fourth-order valence-electron chi connectivity index (χ4n) is 2.57. The maximum Gasteiger partial charge on any atom is 0.326 e. The predicted octanol–water partition coefficient (Wildman–Crippen LogP) is 3.61. The molecule has 4 aromatic rings. The Morgan fingerprint density at radius 2 is 1.48 bits per heavy atom. The van der Waals surface area contributed by atoms with Crippen LogP contribution in [0.4, 0.5) is 0 Å². The Morgan fingerprint density at radius 1 is 0.739 bits per heavy atom. The fraction of sp³-hybridized carbons (Fsp3) is 0. The van der Waals surface area contributed by atoms with E-state index in [1.54, 1.807) is 17.4 Å². The Balaban J connectivity index is 1.82. The van der Waals surface area contributed by atoms with Crippen LogP contribution in [0.25, 0.3) is 31.8 Å². The number of thiophene rings is 1. The van der Waals surface area contributed by atoms with Crippen LogP contribution < -0.4 is 11.2 Å². The topological polar surface area (TPSA) is 65.7 Å². The first-order valence-corrected chi connectivity index (χ1v) is 7.94. The third-order valence-corrected chi connectivity index (χ3v) is 4.87. The zero-order valence-corrected chi connectivity index (χ0v) is 12.8. The van der Waals surface area contributed by atoms with Crippen molar-refractivity contribution < 1.29 is 0 Å². The van der Waals surface area contributed by atoms with Crippen LogP contribution in [0, 0.1) is 0 Å². The summed E-state index contributed by atoms with van der Waals surface area (Å²) >= 11 is 1.67. The summed E-state index contributed by atoms with van der Waals surface area (Å²) in [6, 6.07) is 19.8. The van der Waals surface area contributed by atoms with Gasteiger partial charge in [0.2, 0.25) is 0 Å². The molecule has 0 unspecified atom stereocenters. The second-order valence-electron chi connectivity index (χ2n) is 5.20. The lowest BCUT2D eigenvalue weighted by Gasteiger charge is -2.01. The van der Waals surface area contributed by atoms with Crippen molar-refractivity contribution >= 4 is 22.2 Å².